The van der Waals surface area contributed by atoms with Gasteiger partial charge in [-0.05, 0) is 38.0 Å². The smallest absolute Gasteiger partial charge is 0.229 e. The highest BCUT2D eigenvalue weighted by molar-refractivity contribution is 7.14. The maximum Gasteiger partial charge on any atom is 0.229 e. The van der Waals surface area contributed by atoms with Crippen molar-refractivity contribution in [1.82, 2.24) is 9.99 Å². The Balaban J connectivity index is 1.97. The molecule has 144 valence electrons. The lowest BCUT2D eigenvalue weighted by Gasteiger charge is -2.15. The molecule has 0 aliphatic carbocycles. The van der Waals surface area contributed by atoms with E-state index in [9.17, 15) is 4.79 Å². The van der Waals surface area contributed by atoms with Crippen LogP contribution < -0.4 is 0 Å². The summed E-state index contributed by atoms with van der Waals surface area (Å²) in [6.45, 7) is 4.34. The molecule has 1 aromatic heterocycles. The van der Waals surface area contributed by atoms with Crippen molar-refractivity contribution in [1.29, 1.82) is 0 Å². The minimum absolute atomic E-state index is 0.438. The van der Waals surface area contributed by atoms with Gasteiger partial charge in [0.2, 0.25) is 6.41 Å². The van der Waals surface area contributed by atoms with Crippen molar-refractivity contribution in [2.24, 2.45) is 5.10 Å². The summed E-state index contributed by atoms with van der Waals surface area (Å²) in [5, 5.41) is 7.90. The standard InChI is InChI=1S/C21H19Cl2N3OS/c1-14-21(28-15(2)24-14)20(17-8-9-18(22)19(23)12-17)25-26(13-27)11-10-16-6-4-3-5-7-16/h3-9,12-13H,10-11H2,1-2H3/b25-20-. The maximum atomic E-state index is 11.7. The summed E-state index contributed by atoms with van der Waals surface area (Å²) in [6.07, 6.45) is 1.45. The molecule has 1 amide bonds. The molecule has 0 radical (unpaired) electrons. The van der Waals surface area contributed by atoms with Crippen molar-refractivity contribution >= 4 is 46.7 Å². The Kier molecular flexibility index (Phi) is 6.83. The van der Waals surface area contributed by atoms with Crippen LogP contribution in [0.4, 0.5) is 0 Å². The van der Waals surface area contributed by atoms with Crippen LogP contribution in [0.3, 0.4) is 0 Å². The average molecular weight is 432 g/mol. The molecule has 0 saturated carbocycles. The number of aryl methyl sites for hydroxylation is 2. The van der Waals surface area contributed by atoms with E-state index in [2.05, 4.69) is 10.1 Å². The van der Waals surface area contributed by atoms with Gasteiger partial charge in [-0.2, -0.15) is 5.10 Å². The maximum absolute atomic E-state index is 11.7. The summed E-state index contributed by atoms with van der Waals surface area (Å²) < 4.78 is 0. The van der Waals surface area contributed by atoms with E-state index in [1.54, 1.807) is 12.1 Å². The van der Waals surface area contributed by atoms with Crippen molar-refractivity contribution < 1.29 is 4.79 Å². The Bertz CT molecular complexity index is 1000. The quantitative estimate of drug-likeness (QED) is 0.280. The summed E-state index contributed by atoms with van der Waals surface area (Å²) >= 11 is 13.8. The largest absolute Gasteiger partial charge is 0.277 e. The molecule has 0 N–H and O–H groups in total. The minimum atomic E-state index is 0.438. The van der Waals surface area contributed by atoms with Crippen molar-refractivity contribution in [2.45, 2.75) is 20.3 Å². The number of rotatable bonds is 7. The number of halogens is 2. The fourth-order valence-corrected chi connectivity index (χ4v) is 4.00. The molecule has 0 bridgehead atoms. The molecule has 28 heavy (non-hydrogen) atoms. The summed E-state index contributed by atoms with van der Waals surface area (Å²) in [5.41, 5.74) is 3.45. The van der Waals surface area contributed by atoms with E-state index >= 15 is 0 Å². The van der Waals surface area contributed by atoms with E-state index in [4.69, 9.17) is 23.2 Å². The predicted molar refractivity (Wildman–Crippen MR) is 117 cm³/mol. The third-order valence-electron chi connectivity index (χ3n) is 4.13. The van der Waals surface area contributed by atoms with E-state index in [1.807, 2.05) is 50.2 Å². The fraction of sp³-hybridized carbons (Fsp3) is 0.190. The van der Waals surface area contributed by atoms with Gasteiger partial charge in [0.15, 0.2) is 0 Å². The van der Waals surface area contributed by atoms with Crippen LogP contribution in [0.15, 0.2) is 53.6 Å². The van der Waals surface area contributed by atoms with Crippen LogP contribution in [0.2, 0.25) is 10.0 Å². The second kappa shape index (κ2) is 9.32. The van der Waals surface area contributed by atoms with Crippen molar-refractivity contribution in [3.05, 3.63) is 85.3 Å². The first-order valence-corrected chi connectivity index (χ1v) is 10.3. The zero-order valence-corrected chi connectivity index (χ0v) is 17.9. The Morgan fingerprint density at radius 3 is 2.50 bits per heavy atom. The van der Waals surface area contributed by atoms with Crippen LogP contribution in [0.25, 0.3) is 0 Å². The highest BCUT2D eigenvalue weighted by atomic mass is 35.5. The Morgan fingerprint density at radius 1 is 1.14 bits per heavy atom. The number of aromatic nitrogens is 1. The number of hydrogen-bond acceptors (Lipinski definition) is 4. The van der Waals surface area contributed by atoms with Gasteiger partial charge in [-0.15, -0.1) is 11.3 Å². The Labute approximate surface area is 178 Å². The number of nitrogens with zero attached hydrogens (tertiary/aromatic N) is 3. The zero-order chi connectivity index (χ0) is 20.1. The monoisotopic (exact) mass is 431 g/mol. The van der Waals surface area contributed by atoms with Gasteiger partial charge in [0.25, 0.3) is 0 Å². The molecule has 0 fully saturated rings. The van der Waals surface area contributed by atoms with E-state index in [1.165, 1.54) is 16.3 Å². The van der Waals surface area contributed by atoms with Gasteiger partial charge in [-0.1, -0.05) is 59.6 Å². The van der Waals surface area contributed by atoms with Crippen LogP contribution >= 0.6 is 34.5 Å². The van der Waals surface area contributed by atoms with Crippen molar-refractivity contribution in [3.63, 3.8) is 0 Å². The third-order valence-corrected chi connectivity index (χ3v) is 5.95. The second-order valence-electron chi connectivity index (χ2n) is 6.23. The molecule has 3 rings (SSSR count). The molecular weight excluding hydrogens is 413 g/mol. The second-order valence-corrected chi connectivity index (χ2v) is 8.25. The zero-order valence-electron chi connectivity index (χ0n) is 15.5. The van der Waals surface area contributed by atoms with Crippen LogP contribution in [-0.4, -0.2) is 28.7 Å². The molecule has 0 unspecified atom stereocenters. The predicted octanol–water partition coefficient (Wildman–Crippen LogP) is 5.52. The Hall–Kier alpha value is -2.21. The Morgan fingerprint density at radius 2 is 1.89 bits per heavy atom. The molecule has 0 saturated heterocycles. The highest BCUT2D eigenvalue weighted by Crippen LogP contribution is 2.27. The van der Waals surface area contributed by atoms with Crippen LogP contribution in [-0.2, 0) is 11.2 Å². The summed E-state index contributed by atoms with van der Waals surface area (Å²) in [7, 11) is 0. The first-order chi connectivity index (χ1) is 13.5. The van der Waals surface area contributed by atoms with E-state index < -0.39 is 0 Å². The number of carbonyl (C=O) groups is 1. The summed E-state index contributed by atoms with van der Waals surface area (Å²) in [5.74, 6) is 0. The van der Waals surface area contributed by atoms with Gasteiger partial charge in [0.05, 0.1) is 25.6 Å². The number of carbonyl (C=O) groups excluding carboxylic acids is 1. The van der Waals surface area contributed by atoms with Crippen LogP contribution in [0, 0.1) is 13.8 Å². The van der Waals surface area contributed by atoms with Gasteiger partial charge in [0.1, 0.15) is 5.71 Å². The average Bonchev–Trinajstić information content (AvgIpc) is 3.03. The van der Waals surface area contributed by atoms with Crippen molar-refractivity contribution in [2.75, 3.05) is 6.54 Å². The number of amides is 1. The summed E-state index contributed by atoms with van der Waals surface area (Å²) in [6, 6.07) is 15.3. The molecule has 0 spiro atoms. The normalized spacial score (nSPS) is 11.5. The minimum Gasteiger partial charge on any atom is -0.277 e. The molecule has 4 nitrogen and oxygen atoms in total. The van der Waals surface area contributed by atoms with Gasteiger partial charge in [-0.3, -0.25) is 4.79 Å². The molecule has 0 aliphatic heterocycles. The summed E-state index contributed by atoms with van der Waals surface area (Å²) in [4.78, 5) is 17.1. The van der Waals surface area contributed by atoms with Crippen LogP contribution in [0.1, 0.15) is 26.7 Å². The SMILES string of the molecule is Cc1nc(C)c(/C(=N\N(C=O)CCc2ccccc2)c2ccc(Cl)c(Cl)c2)s1. The third kappa shape index (κ3) is 4.98. The van der Waals surface area contributed by atoms with Gasteiger partial charge in [0, 0.05) is 12.1 Å². The molecule has 2 aromatic carbocycles. The van der Waals surface area contributed by atoms with E-state index in [0.29, 0.717) is 28.7 Å². The lowest BCUT2D eigenvalue weighted by Crippen LogP contribution is -2.21. The first kappa shape index (κ1) is 20.5. The topological polar surface area (TPSA) is 45.6 Å². The number of hydrogen-bond donors (Lipinski definition) is 0. The molecule has 1 heterocycles. The van der Waals surface area contributed by atoms with Gasteiger partial charge in [-0.25, -0.2) is 9.99 Å². The lowest BCUT2D eigenvalue weighted by molar-refractivity contribution is -0.118. The van der Waals surface area contributed by atoms with Gasteiger partial charge >= 0.3 is 0 Å². The number of thiazole rings is 1. The van der Waals surface area contributed by atoms with E-state index in [-0.39, 0.29) is 0 Å². The fourth-order valence-electron chi connectivity index (χ4n) is 2.77. The van der Waals surface area contributed by atoms with Crippen molar-refractivity contribution in [3.8, 4) is 0 Å². The molecule has 7 heteroatoms. The molecule has 0 aliphatic rings. The molecule has 3 aromatic rings. The first-order valence-electron chi connectivity index (χ1n) is 8.72. The molecule has 0 atom stereocenters. The van der Waals surface area contributed by atoms with Crippen LogP contribution in [0.5, 0.6) is 0 Å². The number of benzene rings is 2. The molecular formula is C21H19Cl2N3OS. The number of hydrazone groups is 1. The highest BCUT2D eigenvalue weighted by Gasteiger charge is 2.17. The van der Waals surface area contributed by atoms with E-state index in [0.717, 1.165) is 33.1 Å². The van der Waals surface area contributed by atoms with Gasteiger partial charge < -0.3 is 0 Å². The lowest BCUT2D eigenvalue weighted by atomic mass is 10.1.